The summed E-state index contributed by atoms with van der Waals surface area (Å²) in [7, 11) is -1.17. The summed E-state index contributed by atoms with van der Waals surface area (Å²) in [5.74, 6) is 1.46. The Bertz CT molecular complexity index is 1090. The van der Waals surface area contributed by atoms with Crippen molar-refractivity contribution in [3.63, 3.8) is 0 Å². The highest BCUT2D eigenvalue weighted by Gasteiger charge is 2.19. The number of nitrogens with zero attached hydrogens (tertiary/aromatic N) is 2. The average Bonchev–Trinajstić information content (AvgIpc) is 2.99. The Morgan fingerprint density at radius 3 is 2.41 bits per heavy atom. The molecule has 0 spiro atoms. The van der Waals surface area contributed by atoms with Gasteiger partial charge in [-0.2, -0.15) is 0 Å². The van der Waals surface area contributed by atoms with Gasteiger partial charge in [0.25, 0.3) is 0 Å². The molecule has 0 bridgehead atoms. The lowest BCUT2D eigenvalue weighted by molar-refractivity contribution is 0.460. The van der Waals surface area contributed by atoms with Crippen LogP contribution in [0.1, 0.15) is 29.9 Å². The highest BCUT2D eigenvalue weighted by Crippen LogP contribution is 2.32. The van der Waals surface area contributed by atoms with Gasteiger partial charge in [-0.3, -0.25) is 0 Å². The van der Waals surface area contributed by atoms with Crippen LogP contribution in [0.5, 0.6) is 0 Å². The summed E-state index contributed by atoms with van der Waals surface area (Å²) < 4.78 is 25.5. The van der Waals surface area contributed by atoms with E-state index in [1.807, 2.05) is 19.2 Å². The van der Waals surface area contributed by atoms with E-state index in [1.54, 1.807) is 12.1 Å². The topological polar surface area (TPSA) is 64.0 Å². The standard InChI is InChI=1S/C21H25N3O2S/c1-14-12-17(15-8-10-22-11-9-15)13-19-20(14)23-21(24(19)2)16-4-6-18(7-5-16)27(3,25)26/h4-7,12-13,15,22H,8-11H2,1-3H3. The molecule has 0 aliphatic carbocycles. The van der Waals surface area contributed by atoms with Gasteiger partial charge in [0.15, 0.2) is 9.84 Å². The molecular formula is C21H25N3O2S. The van der Waals surface area contributed by atoms with Gasteiger partial charge in [-0.1, -0.05) is 6.07 Å². The van der Waals surface area contributed by atoms with Crippen molar-refractivity contribution in [3.8, 4) is 11.4 Å². The van der Waals surface area contributed by atoms with E-state index in [0.717, 1.165) is 35.5 Å². The first-order valence-electron chi connectivity index (χ1n) is 9.33. The molecule has 2 aromatic carbocycles. The number of hydrogen-bond donors (Lipinski definition) is 1. The van der Waals surface area contributed by atoms with Gasteiger partial charge in [-0.25, -0.2) is 13.4 Å². The maximum Gasteiger partial charge on any atom is 0.175 e. The number of benzene rings is 2. The lowest BCUT2D eigenvalue weighted by Gasteiger charge is -2.23. The normalized spacial score (nSPS) is 16.1. The van der Waals surface area contributed by atoms with Crippen LogP contribution in [0.4, 0.5) is 0 Å². The molecule has 5 nitrogen and oxygen atoms in total. The predicted molar refractivity (Wildman–Crippen MR) is 109 cm³/mol. The van der Waals surface area contributed by atoms with Crippen LogP contribution in [-0.4, -0.2) is 37.3 Å². The fourth-order valence-electron chi connectivity index (χ4n) is 3.98. The first-order valence-corrected chi connectivity index (χ1v) is 11.2. The largest absolute Gasteiger partial charge is 0.327 e. The van der Waals surface area contributed by atoms with Crippen LogP contribution < -0.4 is 5.32 Å². The lowest BCUT2D eigenvalue weighted by atomic mass is 9.89. The molecule has 1 saturated heterocycles. The number of fused-ring (bicyclic) bond motifs is 1. The van der Waals surface area contributed by atoms with E-state index in [2.05, 4.69) is 28.9 Å². The molecule has 27 heavy (non-hydrogen) atoms. The van der Waals surface area contributed by atoms with Crippen LogP contribution in [-0.2, 0) is 16.9 Å². The van der Waals surface area contributed by atoms with Crippen molar-refractivity contribution in [1.82, 2.24) is 14.9 Å². The Morgan fingerprint density at radius 1 is 1.11 bits per heavy atom. The summed E-state index contributed by atoms with van der Waals surface area (Å²) in [5.41, 5.74) is 5.64. The van der Waals surface area contributed by atoms with Gasteiger partial charge in [0.2, 0.25) is 0 Å². The fraction of sp³-hybridized carbons (Fsp3) is 0.381. The molecule has 142 valence electrons. The molecule has 2 heterocycles. The van der Waals surface area contributed by atoms with Crippen LogP contribution in [0.2, 0.25) is 0 Å². The minimum absolute atomic E-state index is 0.328. The highest BCUT2D eigenvalue weighted by molar-refractivity contribution is 7.90. The molecule has 0 unspecified atom stereocenters. The number of piperidine rings is 1. The van der Waals surface area contributed by atoms with Crippen LogP contribution >= 0.6 is 0 Å². The van der Waals surface area contributed by atoms with E-state index in [1.165, 1.54) is 30.2 Å². The Balaban J connectivity index is 1.78. The number of sulfone groups is 1. The number of rotatable bonds is 3. The second kappa shape index (κ2) is 6.77. The summed E-state index contributed by atoms with van der Waals surface area (Å²) in [6.45, 7) is 4.27. The van der Waals surface area contributed by atoms with Crippen molar-refractivity contribution < 1.29 is 8.42 Å². The van der Waals surface area contributed by atoms with Crippen molar-refractivity contribution in [1.29, 1.82) is 0 Å². The van der Waals surface area contributed by atoms with Gasteiger partial charge in [0, 0.05) is 18.9 Å². The predicted octanol–water partition coefficient (Wildman–Crippen LogP) is 3.42. The summed E-state index contributed by atoms with van der Waals surface area (Å²) >= 11 is 0. The maximum absolute atomic E-state index is 11.7. The zero-order valence-electron chi connectivity index (χ0n) is 16.0. The molecule has 1 aliphatic rings. The Kier molecular flexibility index (Phi) is 4.56. The van der Waals surface area contributed by atoms with Crippen molar-refractivity contribution in [2.75, 3.05) is 19.3 Å². The van der Waals surface area contributed by atoms with Crippen LogP contribution in [0.15, 0.2) is 41.3 Å². The Labute approximate surface area is 160 Å². The number of imidazole rings is 1. The number of aryl methyl sites for hydroxylation is 2. The highest BCUT2D eigenvalue weighted by atomic mass is 32.2. The van der Waals surface area contributed by atoms with E-state index < -0.39 is 9.84 Å². The third-order valence-corrected chi connectivity index (χ3v) is 6.68. The molecule has 3 aromatic rings. The molecule has 4 rings (SSSR count). The van der Waals surface area contributed by atoms with Crippen LogP contribution in [0, 0.1) is 6.92 Å². The number of nitrogens with one attached hydrogen (secondary N) is 1. The van der Waals surface area contributed by atoms with E-state index in [-0.39, 0.29) is 0 Å². The third kappa shape index (κ3) is 3.39. The molecular weight excluding hydrogens is 358 g/mol. The van der Waals surface area contributed by atoms with Gasteiger partial charge in [-0.05, 0) is 80.2 Å². The number of hydrogen-bond acceptors (Lipinski definition) is 4. The summed E-state index contributed by atoms with van der Waals surface area (Å²) in [5, 5.41) is 3.43. The van der Waals surface area contributed by atoms with Crippen molar-refractivity contribution in [2.24, 2.45) is 7.05 Å². The third-order valence-electron chi connectivity index (χ3n) is 5.55. The minimum atomic E-state index is -3.19. The monoisotopic (exact) mass is 383 g/mol. The van der Waals surface area contributed by atoms with Crippen molar-refractivity contribution in [3.05, 3.63) is 47.5 Å². The second-order valence-electron chi connectivity index (χ2n) is 7.52. The van der Waals surface area contributed by atoms with Gasteiger partial charge < -0.3 is 9.88 Å². The molecule has 0 saturated carbocycles. The van der Waals surface area contributed by atoms with Gasteiger partial charge in [-0.15, -0.1) is 0 Å². The Morgan fingerprint density at radius 2 is 1.78 bits per heavy atom. The minimum Gasteiger partial charge on any atom is -0.327 e. The number of aromatic nitrogens is 2. The molecule has 1 fully saturated rings. The van der Waals surface area contributed by atoms with E-state index in [4.69, 9.17) is 4.98 Å². The van der Waals surface area contributed by atoms with E-state index in [0.29, 0.717) is 10.8 Å². The van der Waals surface area contributed by atoms with Crippen LogP contribution in [0.3, 0.4) is 0 Å². The SMILES string of the molecule is Cc1cc(C2CCNCC2)cc2c1nc(-c1ccc(S(C)(=O)=O)cc1)n2C. The van der Waals surface area contributed by atoms with Crippen LogP contribution in [0.25, 0.3) is 22.4 Å². The molecule has 0 radical (unpaired) electrons. The zero-order chi connectivity index (χ0) is 19.2. The summed E-state index contributed by atoms with van der Waals surface area (Å²) in [6.07, 6.45) is 3.56. The summed E-state index contributed by atoms with van der Waals surface area (Å²) in [4.78, 5) is 5.19. The molecule has 1 aliphatic heterocycles. The maximum atomic E-state index is 11.7. The summed E-state index contributed by atoms with van der Waals surface area (Å²) in [6, 6.07) is 11.5. The van der Waals surface area contributed by atoms with E-state index in [9.17, 15) is 8.42 Å². The zero-order valence-corrected chi connectivity index (χ0v) is 16.8. The van der Waals surface area contributed by atoms with Gasteiger partial charge in [0.1, 0.15) is 5.82 Å². The van der Waals surface area contributed by atoms with Crippen molar-refractivity contribution >= 4 is 20.9 Å². The van der Waals surface area contributed by atoms with E-state index >= 15 is 0 Å². The quantitative estimate of drug-likeness (QED) is 0.753. The smallest absolute Gasteiger partial charge is 0.175 e. The lowest BCUT2D eigenvalue weighted by Crippen LogP contribution is -2.26. The fourth-order valence-corrected chi connectivity index (χ4v) is 4.62. The first-order chi connectivity index (χ1) is 12.8. The van der Waals surface area contributed by atoms with Gasteiger partial charge >= 0.3 is 0 Å². The molecule has 0 atom stereocenters. The molecule has 0 amide bonds. The van der Waals surface area contributed by atoms with Crippen molar-refractivity contribution in [2.45, 2.75) is 30.6 Å². The second-order valence-corrected chi connectivity index (χ2v) is 9.54. The van der Waals surface area contributed by atoms with Gasteiger partial charge in [0.05, 0.1) is 15.9 Å². The molecule has 1 N–H and O–H groups in total. The average molecular weight is 384 g/mol. The molecule has 6 heteroatoms. The Hall–Kier alpha value is -2.18. The first kappa shape index (κ1) is 18.2. The molecule has 1 aromatic heterocycles.